The monoisotopic (exact) mass is 482 g/mol. The Hall–Kier alpha value is -3.25. The molecule has 1 aromatic heterocycles. The van der Waals surface area contributed by atoms with E-state index in [9.17, 15) is 26.0 Å². The third-order valence-corrected chi connectivity index (χ3v) is 6.47. The molecule has 0 aliphatic rings. The molecule has 0 bridgehead atoms. The Morgan fingerprint density at radius 1 is 1.12 bits per heavy atom. The molecule has 0 saturated carbocycles. The van der Waals surface area contributed by atoms with Gasteiger partial charge < -0.3 is 9.15 Å². The molecule has 0 saturated heterocycles. The fourth-order valence-corrected chi connectivity index (χ4v) is 4.27. The maximum atomic E-state index is 14.1. The molecule has 3 rings (SSSR count). The van der Waals surface area contributed by atoms with Gasteiger partial charge in [-0.05, 0) is 43.7 Å². The maximum Gasteiger partial charge on any atom is 0.376 e. The minimum absolute atomic E-state index is 0.0130. The quantitative estimate of drug-likeness (QED) is 0.508. The van der Waals surface area contributed by atoms with Crippen molar-refractivity contribution in [2.75, 3.05) is 17.6 Å². The predicted octanol–water partition coefficient (Wildman–Crippen LogP) is 3.17. The highest BCUT2D eigenvalue weighted by molar-refractivity contribution is 7.92. The van der Waals surface area contributed by atoms with Gasteiger partial charge in [-0.3, -0.25) is 4.72 Å². The van der Waals surface area contributed by atoms with E-state index in [4.69, 9.17) is 9.15 Å². The first-order chi connectivity index (χ1) is 14.9. The van der Waals surface area contributed by atoms with Crippen LogP contribution in [0.2, 0.25) is 0 Å². The number of hydrogen-bond donors (Lipinski definition) is 1. The molecular formula is C20H19FN2O7S2. The fourth-order valence-electron chi connectivity index (χ4n) is 2.70. The molecule has 12 heteroatoms. The number of nitrogens with zero attached hydrogens (tertiary/aromatic N) is 1. The summed E-state index contributed by atoms with van der Waals surface area (Å²) in [4.78, 5) is 16.2. The summed E-state index contributed by atoms with van der Waals surface area (Å²) in [5.41, 5.74) is 0.303. The highest BCUT2D eigenvalue weighted by Gasteiger charge is 2.30. The lowest BCUT2D eigenvalue weighted by molar-refractivity contribution is 0.0485. The third-order valence-electron chi connectivity index (χ3n) is 4.22. The molecule has 32 heavy (non-hydrogen) atoms. The van der Waals surface area contributed by atoms with Crippen LogP contribution in [0, 0.1) is 12.7 Å². The van der Waals surface area contributed by atoms with Gasteiger partial charge in [-0.25, -0.2) is 17.6 Å². The molecule has 0 radical (unpaired) electrons. The summed E-state index contributed by atoms with van der Waals surface area (Å²) in [6.07, 6.45) is 1.03. The van der Waals surface area contributed by atoms with Crippen molar-refractivity contribution in [2.45, 2.75) is 24.0 Å². The van der Waals surface area contributed by atoms with E-state index in [2.05, 4.69) is 4.98 Å². The molecule has 0 aliphatic carbocycles. The topological polar surface area (TPSA) is 133 Å². The molecular weight excluding hydrogens is 463 g/mol. The van der Waals surface area contributed by atoms with Gasteiger partial charge in [-0.2, -0.15) is 13.4 Å². The van der Waals surface area contributed by atoms with Crippen LogP contribution in [0.1, 0.15) is 23.0 Å². The Balaban J connectivity index is 2.07. The van der Waals surface area contributed by atoms with E-state index >= 15 is 0 Å². The molecule has 0 aliphatic heterocycles. The van der Waals surface area contributed by atoms with Crippen LogP contribution >= 0.6 is 0 Å². The molecule has 170 valence electrons. The Morgan fingerprint density at radius 2 is 1.78 bits per heavy atom. The number of sulfone groups is 1. The van der Waals surface area contributed by atoms with Crippen molar-refractivity contribution in [3.63, 3.8) is 0 Å². The van der Waals surface area contributed by atoms with E-state index in [0.29, 0.717) is 5.56 Å². The smallest absolute Gasteiger partial charge is 0.376 e. The first-order valence-electron chi connectivity index (χ1n) is 9.20. The van der Waals surface area contributed by atoms with Gasteiger partial charge in [-0.15, -0.1) is 0 Å². The number of anilines is 1. The Kier molecular flexibility index (Phi) is 6.37. The molecule has 0 amide bonds. The van der Waals surface area contributed by atoms with Crippen LogP contribution in [0.15, 0.2) is 57.0 Å². The summed E-state index contributed by atoms with van der Waals surface area (Å²) in [6, 6.07) is 9.15. The number of rotatable bonds is 7. The Labute approximate surface area is 184 Å². The average molecular weight is 483 g/mol. The molecule has 0 unspecified atom stereocenters. The lowest BCUT2D eigenvalue weighted by Gasteiger charge is -2.06. The van der Waals surface area contributed by atoms with Crippen LogP contribution in [-0.4, -0.2) is 40.7 Å². The number of nitrogens with one attached hydrogen (secondary N) is 1. The number of aromatic nitrogens is 1. The molecule has 3 aromatic rings. The molecule has 2 aromatic carbocycles. The van der Waals surface area contributed by atoms with Crippen molar-refractivity contribution in [3.05, 3.63) is 59.6 Å². The molecule has 1 N–H and O–H groups in total. The lowest BCUT2D eigenvalue weighted by Crippen LogP contribution is -2.14. The zero-order chi connectivity index (χ0) is 23.7. The standard InChI is InChI=1S/C20H19FN2O7S2/c1-4-29-19(24)18-17(13-6-8-14(9-7-13)31(3,25)26)22-20(30-18)32(27,28)23-16-10-5-12(2)11-15(16)21/h5-11,23H,4H2,1-3H3. The van der Waals surface area contributed by atoms with Gasteiger partial charge in [0.05, 0.1) is 17.2 Å². The summed E-state index contributed by atoms with van der Waals surface area (Å²) in [6.45, 7) is 3.18. The van der Waals surface area contributed by atoms with Crippen LogP contribution in [0.3, 0.4) is 0 Å². The first-order valence-corrected chi connectivity index (χ1v) is 12.6. The average Bonchev–Trinajstić information content (AvgIpc) is 3.16. The maximum absolute atomic E-state index is 14.1. The van der Waals surface area contributed by atoms with Crippen molar-refractivity contribution in [2.24, 2.45) is 0 Å². The number of benzene rings is 2. The largest absolute Gasteiger partial charge is 0.460 e. The van der Waals surface area contributed by atoms with Gasteiger partial charge >= 0.3 is 21.2 Å². The van der Waals surface area contributed by atoms with E-state index in [0.717, 1.165) is 12.3 Å². The van der Waals surface area contributed by atoms with Crippen molar-refractivity contribution < 1.29 is 35.2 Å². The normalized spacial score (nSPS) is 11.9. The molecule has 0 spiro atoms. The van der Waals surface area contributed by atoms with Gasteiger partial charge in [0, 0.05) is 11.8 Å². The van der Waals surface area contributed by atoms with Gasteiger partial charge in [0.2, 0.25) is 5.76 Å². The Bertz CT molecular complexity index is 1380. The first kappa shape index (κ1) is 23.4. The second-order valence-corrected chi connectivity index (χ2v) is 10.3. The number of sulfonamides is 1. The van der Waals surface area contributed by atoms with E-state index in [1.165, 1.54) is 36.4 Å². The zero-order valence-corrected chi connectivity index (χ0v) is 18.9. The second-order valence-electron chi connectivity index (χ2n) is 6.76. The molecule has 1 heterocycles. The fraction of sp³-hybridized carbons (Fsp3) is 0.200. The van der Waals surface area contributed by atoms with E-state index in [1.807, 2.05) is 4.72 Å². The van der Waals surface area contributed by atoms with Gasteiger partial charge in [-0.1, -0.05) is 18.2 Å². The summed E-state index contributed by atoms with van der Waals surface area (Å²) >= 11 is 0. The van der Waals surface area contributed by atoms with E-state index in [-0.39, 0.29) is 28.4 Å². The summed E-state index contributed by atoms with van der Waals surface area (Å²) in [5, 5.41) is -0.886. The number of aryl methyl sites for hydroxylation is 1. The summed E-state index contributed by atoms with van der Waals surface area (Å²) in [7, 11) is -7.98. The Morgan fingerprint density at radius 3 is 2.34 bits per heavy atom. The molecule has 0 fully saturated rings. The van der Waals surface area contributed by atoms with Crippen LogP contribution in [0.5, 0.6) is 0 Å². The van der Waals surface area contributed by atoms with Crippen LogP contribution in [-0.2, 0) is 24.6 Å². The number of carbonyl (C=O) groups is 1. The van der Waals surface area contributed by atoms with Crippen molar-refractivity contribution in [1.82, 2.24) is 4.98 Å². The van der Waals surface area contributed by atoms with Gasteiger partial charge in [0.15, 0.2) is 9.84 Å². The molecule has 0 atom stereocenters. The highest BCUT2D eigenvalue weighted by atomic mass is 32.2. The number of ether oxygens (including phenoxy) is 1. The third kappa shape index (κ3) is 4.97. The van der Waals surface area contributed by atoms with Crippen LogP contribution in [0.25, 0.3) is 11.3 Å². The lowest BCUT2D eigenvalue weighted by atomic mass is 10.1. The van der Waals surface area contributed by atoms with Crippen molar-refractivity contribution in [3.8, 4) is 11.3 Å². The highest BCUT2D eigenvalue weighted by Crippen LogP contribution is 2.29. The number of halogens is 1. The minimum Gasteiger partial charge on any atom is -0.460 e. The predicted molar refractivity (Wildman–Crippen MR) is 113 cm³/mol. The number of hydrogen-bond acceptors (Lipinski definition) is 8. The molecule has 9 nitrogen and oxygen atoms in total. The van der Waals surface area contributed by atoms with Crippen LogP contribution in [0.4, 0.5) is 10.1 Å². The minimum atomic E-state index is -4.51. The number of esters is 1. The van der Waals surface area contributed by atoms with E-state index in [1.54, 1.807) is 13.8 Å². The zero-order valence-electron chi connectivity index (χ0n) is 17.2. The van der Waals surface area contributed by atoms with E-state index < -0.39 is 42.6 Å². The summed E-state index contributed by atoms with van der Waals surface area (Å²) < 4.78 is 75.1. The van der Waals surface area contributed by atoms with Crippen molar-refractivity contribution in [1.29, 1.82) is 0 Å². The van der Waals surface area contributed by atoms with Crippen LogP contribution < -0.4 is 4.72 Å². The van der Waals surface area contributed by atoms with Gasteiger partial charge in [0.25, 0.3) is 0 Å². The van der Waals surface area contributed by atoms with Crippen molar-refractivity contribution >= 4 is 31.5 Å². The summed E-state index contributed by atoms with van der Waals surface area (Å²) in [5.74, 6) is -2.27. The second kappa shape index (κ2) is 8.71. The number of oxazole rings is 1. The van der Waals surface area contributed by atoms with Gasteiger partial charge in [0.1, 0.15) is 11.5 Å². The number of carbonyl (C=O) groups excluding carboxylic acids is 1. The SMILES string of the molecule is CCOC(=O)c1oc(S(=O)(=O)Nc2ccc(C)cc2F)nc1-c1ccc(S(C)(=O)=O)cc1.